The molecule has 6 aliphatic carbocycles. The Labute approximate surface area is 434 Å². The lowest BCUT2D eigenvalue weighted by atomic mass is 9.70. The molecule has 9 aliphatic rings. The molecule has 6 saturated carbocycles. The zero-order valence-corrected chi connectivity index (χ0v) is 48.4. The molecule has 26 heteroatoms. The number of hydrogen-bond acceptors (Lipinski definition) is 8. The maximum Gasteiger partial charge on any atom is 0.449 e. The zero-order chi connectivity index (χ0) is 58.4. The molecular formula is C49H83F15O8Si3. The van der Waals surface area contributed by atoms with Crippen molar-refractivity contribution in [1.82, 2.24) is 0 Å². The van der Waals surface area contributed by atoms with Crippen molar-refractivity contribution in [3.8, 4) is 0 Å². The molecule has 75 heavy (non-hydrogen) atoms. The number of hydrogen-bond donors (Lipinski definition) is 5. The van der Waals surface area contributed by atoms with Crippen LogP contribution in [0.4, 0.5) is 65.9 Å². The van der Waals surface area contributed by atoms with Crippen molar-refractivity contribution < 1.29 is 106 Å². The summed E-state index contributed by atoms with van der Waals surface area (Å²) in [6.45, 7) is 26.9. The second-order valence-electron chi connectivity index (χ2n) is 27.8. The summed E-state index contributed by atoms with van der Waals surface area (Å²) in [5, 5.41) is 48.6. The van der Waals surface area contributed by atoms with Gasteiger partial charge in [-0.2, -0.15) is 65.9 Å². The monoisotopic (exact) mass is 1170 g/mol. The number of halogens is 15. The van der Waals surface area contributed by atoms with E-state index in [4.69, 9.17) is 0 Å². The van der Waals surface area contributed by atoms with Crippen LogP contribution < -0.4 is 0 Å². The highest BCUT2D eigenvalue weighted by Crippen LogP contribution is 2.66. The van der Waals surface area contributed by atoms with Gasteiger partial charge in [0.15, 0.2) is 11.2 Å². The van der Waals surface area contributed by atoms with Gasteiger partial charge in [-0.15, -0.1) is 0 Å². The highest BCUT2D eigenvalue weighted by Gasteiger charge is 2.87. The topological polar surface area (TPSA) is 129 Å². The van der Waals surface area contributed by atoms with Gasteiger partial charge in [-0.3, -0.25) is 0 Å². The Bertz CT molecular complexity index is 1880. The predicted molar refractivity (Wildman–Crippen MR) is 258 cm³/mol. The van der Waals surface area contributed by atoms with Crippen molar-refractivity contribution in [3.63, 3.8) is 0 Å². The molecular weight excluding hydrogens is 1090 g/mol. The Morgan fingerprint density at radius 1 is 0.427 bits per heavy atom. The molecule has 9 rings (SSSR count). The summed E-state index contributed by atoms with van der Waals surface area (Å²) in [5.74, 6) is -31.1. The third kappa shape index (κ3) is 13.1. The van der Waals surface area contributed by atoms with Gasteiger partial charge in [-0.25, -0.2) is 0 Å². The van der Waals surface area contributed by atoms with Crippen molar-refractivity contribution in [2.75, 3.05) is 13.2 Å². The average Bonchev–Trinajstić information content (AvgIpc) is 4.09. The largest absolute Gasteiger partial charge is 0.449 e. The molecule has 3 saturated heterocycles. The maximum absolute atomic E-state index is 14.4. The van der Waals surface area contributed by atoms with Crippen LogP contribution >= 0.6 is 0 Å². The van der Waals surface area contributed by atoms with Crippen LogP contribution in [0.1, 0.15) is 84.0 Å². The number of ether oxygens (including phenoxy) is 3. The standard InChI is InChI=1S/C13H17F5O3.C12H15F5O3.C12H15F5O2.3C4H12Si/c1-6-10(19,9-5-7-2-3-8(9)4-7)11(14,15)12(20,21-6)13(16,17)18;13-10(14)9(18,5-20-11(10,19)12(15,16)17)8-4-6-1-2-7(8)3-6;13-10(14)9(5-19-11(10,18)12(15,16)17)8-4-6-1-2-7(8)3-6;3*1-5(2,3)4/h6-9,19-20H,2-5H2,1H3;6-8,18-19H,1-5H2;6-9,18H,1-5H2;3*1-4H3. The Kier molecular flexibility index (Phi) is 19.2. The van der Waals surface area contributed by atoms with Crippen molar-refractivity contribution >= 4 is 24.2 Å². The van der Waals surface area contributed by atoms with Gasteiger partial charge in [0.1, 0.15) is 0 Å². The molecule has 3 heterocycles. The van der Waals surface area contributed by atoms with Gasteiger partial charge in [-0.05, 0) is 118 Å². The number of rotatable bonds is 3. The van der Waals surface area contributed by atoms with Crippen LogP contribution in [-0.2, 0) is 14.2 Å². The smallest absolute Gasteiger partial charge is 0.381 e. The first-order chi connectivity index (χ1) is 33.1. The van der Waals surface area contributed by atoms with Gasteiger partial charge in [0.25, 0.3) is 0 Å². The normalized spacial score (nSPS) is 43.1. The minimum Gasteiger partial charge on any atom is -0.381 e. The number of alkyl halides is 15. The van der Waals surface area contributed by atoms with E-state index in [9.17, 15) is 91.4 Å². The van der Waals surface area contributed by atoms with Crippen LogP contribution in [0.25, 0.3) is 0 Å². The second-order valence-corrected chi connectivity index (χ2v) is 45.8. The quantitative estimate of drug-likeness (QED) is 0.140. The van der Waals surface area contributed by atoms with E-state index in [0.717, 1.165) is 39.0 Å². The third-order valence-electron chi connectivity index (χ3n) is 15.9. The van der Waals surface area contributed by atoms with Gasteiger partial charge >= 0.3 is 53.7 Å². The molecule has 8 nitrogen and oxygen atoms in total. The average molecular weight is 1170 g/mol. The van der Waals surface area contributed by atoms with Crippen LogP contribution in [0, 0.1) is 59.2 Å². The van der Waals surface area contributed by atoms with Crippen LogP contribution in [0.5, 0.6) is 0 Å². The predicted octanol–water partition coefficient (Wildman–Crippen LogP) is 13.3. The van der Waals surface area contributed by atoms with E-state index >= 15 is 0 Å². The summed E-state index contributed by atoms with van der Waals surface area (Å²) in [5.41, 5.74) is -5.96. The molecule has 0 amide bonds. The molecule has 0 aromatic carbocycles. The van der Waals surface area contributed by atoms with Crippen LogP contribution in [0.2, 0.25) is 78.6 Å². The van der Waals surface area contributed by atoms with Gasteiger partial charge in [0.2, 0.25) is 0 Å². The van der Waals surface area contributed by atoms with Crippen molar-refractivity contribution in [1.29, 1.82) is 0 Å². The van der Waals surface area contributed by atoms with Crippen LogP contribution in [0.3, 0.4) is 0 Å². The minimum absolute atomic E-state index is 0.0556. The first-order valence-corrected chi connectivity index (χ1v) is 38.1. The van der Waals surface area contributed by atoms with E-state index in [1.54, 1.807) is 0 Å². The molecule has 6 bridgehead atoms. The van der Waals surface area contributed by atoms with Crippen LogP contribution in [0.15, 0.2) is 0 Å². The minimum atomic E-state index is -5.69. The Morgan fingerprint density at radius 2 is 0.787 bits per heavy atom. The first-order valence-electron chi connectivity index (χ1n) is 26.1. The fourth-order valence-corrected chi connectivity index (χ4v) is 12.7. The molecule has 16 unspecified atom stereocenters. The Morgan fingerprint density at radius 3 is 1.07 bits per heavy atom. The lowest BCUT2D eigenvalue weighted by molar-refractivity contribution is -0.413. The van der Waals surface area contributed by atoms with Gasteiger partial charge in [0.05, 0.1) is 25.2 Å². The lowest BCUT2D eigenvalue weighted by Gasteiger charge is -2.42. The fourth-order valence-electron chi connectivity index (χ4n) is 12.7. The summed E-state index contributed by atoms with van der Waals surface area (Å²) in [4.78, 5) is 0. The van der Waals surface area contributed by atoms with E-state index in [1.807, 2.05) is 0 Å². The summed E-state index contributed by atoms with van der Waals surface area (Å²) in [6.07, 6.45) is -10.8. The molecule has 9 fully saturated rings. The van der Waals surface area contributed by atoms with Crippen molar-refractivity contribution in [2.24, 2.45) is 59.2 Å². The second kappa shape index (κ2) is 21.6. The van der Waals surface area contributed by atoms with E-state index in [0.29, 0.717) is 38.0 Å². The van der Waals surface area contributed by atoms with E-state index in [2.05, 4.69) is 92.8 Å². The summed E-state index contributed by atoms with van der Waals surface area (Å²) in [6, 6.07) is 0. The lowest BCUT2D eigenvalue weighted by Crippen LogP contribution is -2.66. The van der Waals surface area contributed by atoms with E-state index in [-0.39, 0.29) is 42.4 Å². The maximum atomic E-state index is 14.4. The van der Waals surface area contributed by atoms with Crippen molar-refractivity contribution in [3.05, 3.63) is 0 Å². The summed E-state index contributed by atoms with van der Waals surface area (Å²) >= 11 is 0. The number of aliphatic hydroxyl groups is 5. The molecule has 16 atom stereocenters. The molecule has 444 valence electrons. The van der Waals surface area contributed by atoms with Crippen molar-refractivity contribution in [2.45, 2.75) is 234 Å². The van der Waals surface area contributed by atoms with Gasteiger partial charge < -0.3 is 39.7 Å². The molecule has 5 N–H and O–H groups in total. The molecule has 3 aliphatic heterocycles. The molecule has 0 radical (unpaired) electrons. The summed E-state index contributed by atoms with van der Waals surface area (Å²) in [7, 11) is -1.83. The molecule has 0 aromatic rings. The molecule has 0 spiro atoms. The molecule has 0 aromatic heterocycles. The fraction of sp³-hybridized carbons (Fsp3) is 1.00. The Hall–Kier alpha value is -0.719. The first kappa shape index (κ1) is 66.8. The highest BCUT2D eigenvalue weighted by atomic mass is 28.3. The highest BCUT2D eigenvalue weighted by molar-refractivity contribution is 6.75. The Balaban J connectivity index is 0.000000214. The van der Waals surface area contributed by atoms with Crippen LogP contribution in [-0.4, -0.2) is 134 Å². The SMILES string of the molecule is CC1OC(O)(C(F)(F)F)C(F)(F)C1(O)C1CC2CCC1C2.C[Si](C)(C)C.C[Si](C)(C)C.C[Si](C)(C)C.OC1(C(F)(F)F)OCC(C2CC3CCC2C3)C1(F)F.OC1(C2CC3CCC2C3)COC(O)(C(F)(F)F)C1(F)F. The van der Waals surface area contributed by atoms with Gasteiger partial charge in [0, 0.05) is 24.2 Å². The third-order valence-corrected chi connectivity index (χ3v) is 15.9. The zero-order valence-electron chi connectivity index (χ0n) is 45.4. The van der Waals surface area contributed by atoms with E-state index < -0.39 is 132 Å². The van der Waals surface area contributed by atoms with Gasteiger partial charge in [-0.1, -0.05) is 97.8 Å². The number of fused-ring (bicyclic) bond motifs is 6. The van der Waals surface area contributed by atoms with E-state index in [1.165, 1.54) is 0 Å². The summed E-state index contributed by atoms with van der Waals surface area (Å²) < 4.78 is 212.